The van der Waals surface area contributed by atoms with E-state index >= 15 is 0 Å². The Kier molecular flexibility index (Phi) is 5.15. The van der Waals surface area contributed by atoms with Crippen molar-refractivity contribution in [1.29, 1.82) is 0 Å². The monoisotopic (exact) mass is 344 g/mol. The fourth-order valence-corrected chi connectivity index (χ4v) is 3.38. The van der Waals surface area contributed by atoms with Crippen molar-refractivity contribution < 1.29 is 13.7 Å². The van der Waals surface area contributed by atoms with Gasteiger partial charge in [0.1, 0.15) is 11.5 Å². The van der Waals surface area contributed by atoms with Gasteiger partial charge in [-0.15, -0.1) is 11.3 Å². The molecule has 3 aromatic heterocycles. The largest absolute Gasteiger partial charge is 0.467 e. The van der Waals surface area contributed by atoms with Crippen LogP contribution in [0.4, 0.5) is 0 Å². The standard InChI is InChI=1S/C18H20N2O3S/c1-13-17(14(2)23-19-13)7-8-18(21)20(11-15-5-3-9-22-15)12-16-6-4-10-24-16/h3-6,9-10H,7-8,11-12H2,1-2H3. The van der Waals surface area contributed by atoms with Crippen molar-refractivity contribution in [3.05, 3.63) is 63.6 Å². The quantitative estimate of drug-likeness (QED) is 0.647. The third-order valence-electron chi connectivity index (χ3n) is 3.98. The lowest BCUT2D eigenvalue weighted by Crippen LogP contribution is -2.29. The maximum absolute atomic E-state index is 12.8. The molecule has 24 heavy (non-hydrogen) atoms. The lowest BCUT2D eigenvalue weighted by atomic mass is 10.1. The lowest BCUT2D eigenvalue weighted by molar-refractivity contribution is -0.132. The molecular formula is C18H20N2O3S. The van der Waals surface area contributed by atoms with E-state index in [0.29, 0.717) is 25.9 Å². The summed E-state index contributed by atoms with van der Waals surface area (Å²) in [6.07, 6.45) is 2.70. The number of carbonyl (C=O) groups excluding carboxylic acids is 1. The molecule has 0 bridgehead atoms. The van der Waals surface area contributed by atoms with Crippen molar-refractivity contribution in [2.24, 2.45) is 0 Å². The predicted molar refractivity (Wildman–Crippen MR) is 91.6 cm³/mol. The van der Waals surface area contributed by atoms with Crippen LogP contribution < -0.4 is 0 Å². The summed E-state index contributed by atoms with van der Waals surface area (Å²) in [5, 5.41) is 5.97. The van der Waals surface area contributed by atoms with Crippen molar-refractivity contribution in [2.75, 3.05) is 0 Å². The van der Waals surface area contributed by atoms with Crippen LogP contribution in [0.3, 0.4) is 0 Å². The number of aromatic nitrogens is 1. The first-order valence-electron chi connectivity index (χ1n) is 7.88. The molecule has 6 heteroatoms. The second kappa shape index (κ2) is 7.49. The number of carbonyl (C=O) groups is 1. The summed E-state index contributed by atoms with van der Waals surface area (Å²) in [6.45, 7) is 4.86. The van der Waals surface area contributed by atoms with Gasteiger partial charge in [0.15, 0.2) is 0 Å². The van der Waals surface area contributed by atoms with Crippen molar-refractivity contribution in [2.45, 2.75) is 39.8 Å². The molecule has 0 aliphatic carbocycles. The van der Waals surface area contributed by atoms with Gasteiger partial charge in [0.25, 0.3) is 0 Å². The zero-order valence-electron chi connectivity index (χ0n) is 13.8. The van der Waals surface area contributed by atoms with Crippen LogP contribution in [0, 0.1) is 13.8 Å². The van der Waals surface area contributed by atoms with Crippen molar-refractivity contribution >= 4 is 17.2 Å². The van der Waals surface area contributed by atoms with Gasteiger partial charge in [0, 0.05) is 16.9 Å². The molecule has 0 fully saturated rings. The van der Waals surface area contributed by atoms with Gasteiger partial charge in [-0.25, -0.2) is 0 Å². The molecule has 0 N–H and O–H groups in total. The van der Waals surface area contributed by atoms with Crippen LogP contribution in [0.5, 0.6) is 0 Å². The third kappa shape index (κ3) is 3.94. The molecule has 1 amide bonds. The van der Waals surface area contributed by atoms with Crippen molar-refractivity contribution in [1.82, 2.24) is 10.1 Å². The summed E-state index contributed by atoms with van der Waals surface area (Å²) in [5.74, 6) is 1.67. The molecule has 3 heterocycles. The fraction of sp³-hybridized carbons (Fsp3) is 0.333. The second-order valence-electron chi connectivity index (χ2n) is 5.71. The van der Waals surface area contributed by atoms with Crippen LogP contribution in [0.15, 0.2) is 44.8 Å². The van der Waals surface area contributed by atoms with Gasteiger partial charge in [-0.1, -0.05) is 11.2 Å². The highest BCUT2D eigenvalue weighted by Gasteiger charge is 2.18. The van der Waals surface area contributed by atoms with E-state index in [9.17, 15) is 4.79 Å². The topological polar surface area (TPSA) is 59.5 Å². The first kappa shape index (κ1) is 16.5. The minimum Gasteiger partial charge on any atom is -0.467 e. The third-order valence-corrected chi connectivity index (χ3v) is 4.84. The Morgan fingerprint density at radius 2 is 2.12 bits per heavy atom. The summed E-state index contributed by atoms with van der Waals surface area (Å²) in [4.78, 5) is 15.7. The number of thiophene rings is 1. The predicted octanol–water partition coefficient (Wildman–Crippen LogP) is 4.11. The Morgan fingerprint density at radius 1 is 1.25 bits per heavy atom. The molecule has 3 aromatic rings. The van der Waals surface area contributed by atoms with Gasteiger partial charge in [-0.05, 0) is 43.8 Å². The Hall–Kier alpha value is -2.34. The molecule has 0 saturated carbocycles. The van der Waals surface area contributed by atoms with Gasteiger partial charge in [0.05, 0.1) is 25.0 Å². The Balaban J connectivity index is 1.68. The van der Waals surface area contributed by atoms with E-state index in [1.54, 1.807) is 17.6 Å². The van der Waals surface area contributed by atoms with Crippen LogP contribution in [0.25, 0.3) is 0 Å². The number of hydrogen-bond donors (Lipinski definition) is 0. The zero-order chi connectivity index (χ0) is 16.9. The smallest absolute Gasteiger partial charge is 0.223 e. The van der Waals surface area contributed by atoms with E-state index < -0.39 is 0 Å². The Labute approximate surface area is 144 Å². The van der Waals surface area contributed by atoms with Crippen LogP contribution in [-0.4, -0.2) is 16.0 Å². The van der Waals surface area contributed by atoms with Gasteiger partial charge in [-0.2, -0.15) is 0 Å². The highest BCUT2D eigenvalue weighted by Crippen LogP contribution is 2.18. The molecule has 0 atom stereocenters. The molecule has 126 valence electrons. The van der Waals surface area contributed by atoms with Gasteiger partial charge < -0.3 is 13.8 Å². The Morgan fingerprint density at radius 3 is 2.75 bits per heavy atom. The van der Waals surface area contributed by atoms with E-state index in [-0.39, 0.29) is 5.91 Å². The minimum atomic E-state index is 0.0970. The first-order valence-corrected chi connectivity index (χ1v) is 8.75. The van der Waals surface area contributed by atoms with Crippen LogP contribution in [-0.2, 0) is 24.3 Å². The van der Waals surface area contributed by atoms with Crippen molar-refractivity contribution in [3.63, 3.8) is 0 Å². The van der Waals surface area contributed by atoms with Crippen LogP contribution >= 0.6 is 11.3 Å². The molecule has 0 spiro atoms. The van der Waals surface area contributed by atoms with Crippen molar-refractivity contribution in [3.8, 4) is 0 Å². The van der Waals surface area contributed by atoms with E-state index in [0.717, 1.165) is 27.7 Å². The molecular weight excluding hydrogens is 324 g/mol. The maximum atomic E-state index is 12.8. The molecule has 0 saturated heterocycles. The number of rotatable bonds is 7. The number of hydrogen-bond acceptors (Lipinski definition) is 5. The van der Waals surface area contributed by atoms with E-state index in [1.165, 1.54) is 0 Å². The molecule has 0 aromatic carbocycles. The highest BCUT2D eigenvalue weighted by molar-refractivity contribution is 7.09. The average molecular weight is 344 g/mol. The summed E-state index contributed by atoms with van der Waals surface area (Å²) in [7, 11) is 0. The molecule has 5 nitrogen and oxygen atoms in total. The zero-order valence-corrected chi connectivity index (χ0v) is 14.6. The van der Waals surface area contributed by atoms with Gasteiger partial charge >= 0.3 is 0 Å². The summed E-state index contributed by atoms with van der Waals surface area (Å²) < 4.78 is 10.6. The molecule has 0 unspecified atom stereocenters. The summed E-state index contributed by atoms with van der Waals surface area (Å²) in [6, 6.07) is 7.77. The second-order valence-corrected chi connectivity index (χ2v) is 6.74. The van der Waals surface area contributed by atoms with E-state index in [1.807, 2.05) is 48.4 Å². The van der Waals surface area contributed by atoms with Gasteiger partial charge in [0.2, 0.25) is 5.91 Å². The van der Waals surface area contributed by atoms with Crippen LogP contribution in [0.1, 0.15) is 34.1 Å². The number of nitrogens with zero attached hydrogens (tertiary/aromatic N) is 2. The lowest BCUT2D eigenvalue weighted by Gasteiger charge is -2.21. The van der Waals surface area contributed by atoms with E-state index in [2.05, 4.69) is 5.16 Å². The number of aryl methyl sites for hydroxylation is 2. The first-order chi connectivity index (χ1) is 11.6. The number of furan rings is 1. The maximum Gasteiger partial charge on any atom is 0.223 e. The fourth-order valence-electron chi connectivity index (χ4n) is 2.66. The normalized spacial score (nSPS) is 10.9. The summed E-state index contributed by atoms with van der Waals surface area (Å²) in [5.41, 5.74) is 1.88. The molecule has 0 aliphatic heterocycles. The molecule has 0 radical (unpaired) electrons. The van der Waals surface area contributed by atoms with Gasteiger partial charge in [-0.3, -0.25) is 4.79 Å². The minimum absolute atomic E-state index is 0.0970. The highest BCUT2D eigenvalue weighted by atomic mass is 32.1. The Bertz CT molecular complexity index is 720. The number of amides is 1. The molecule has 0 aliphatic rings. The van der Waals surface area contributed by atoms with E-state index in [4.69, 9.17) is 8.94 Å². The summed E-state index contributed by atoms with van der Waals surface area (Å²) >= 11 is 1.65. The average Bonchev–Trinajstić information content (AvgIpc) is 3.30. The SMILES string of the molecule is Cc1noc(C)c1CCC(=O)N(Cc1ccco1)Cc1cccs1. The van der Waals surface area contributed by atoms with Crippen LogP contribution in [0.2, 0.25) is 0 Å². The molecule has 3 rings (SSSR count).